The molecule has 0 saturated carbocycles. The van der Waals surface area contributed by atoms with Crippen LogP contribution in [-0.2, 0) is 4.74 Å². The Bertz CT molecular complexity index is 89.3. The van der Waals surface area contributed by atoms with Gasteiger partial charge in [0.05, 0.1) is 6.10 Å². The van der Waals surface area contributed by atoms with Gasteiger partial charge in [-0.15, -0.1) is 0 Å². The maximum atomic E-state index is 5.17. The topological polar surface area (TPSA) is 21.3 Å². The van der Waals surface area contributed by atoms with Crippen LogP contribution in [0.3, 0.4) is 0 Å². The molecule has 0 aromatic rings. The SMILES string of the molecule is COC(C)C[C@@H]1CCCN1. The molecular weight excluding hydrogens is 126 g/mol. The zero-order valence-corrected chi connectivity index (χ0v) is 6.89. The van der Waals surface area contributed by atoms with Crippen molar-refractivity contribution in [3.05, 3.63) is 0 Å². The summed E-state index contributed by atoms with van der Waals surface area (Å²) in [7, 11) is 1.78. The molecule has 10 heavy (non-hydrogen) atoms. The summed E-state index contributed by atoms with van der Waals surface area (Å²) in [6.07, 6.45) is 4.24. The van der Waals surface area contributed by atoms with E-state index in [0.717, 1.165) is 12.5 Å². The molecule has 0 aromatic heterocycles. The molecule has 0 aliphatic carbocycles. The van der Waals surface area contributed by atoms with Gasteiger partial charge in [0.2, 0.25) is 0 Å². The first-order chi connectivity index (χ1) is 4.83. The zero-order valence-electron chi connectivity index (χ0n) is 6.89. The first-order valence-corrected chi connectivity index (χ1v) is 4.09. The highest BCUT2D eigenvalue weighted by Gasteiger charge is 2.16. The summed E-state index contributed by atoms with van der Waals surface area (Å²) >= 11 is 0. The molecule has 0 bridgehead atoms. The van der Waals surface area contributed by atoms with Crippen LogP contribution in [0.5, 0.6) is 0 Å². The van der Waals surface area contributed by atoms with Gasteiger partial charge in [-0.1, -0.05) is 0 Å². The summed E-state index contributed by atoms with van der Waals surface area (Å²) in [5.41, 5.74) is 0. The van der Waals surface area contributed by atoms with Gasteiger partial charge in [0.25, 0.3) is 0 Å². The van der Waals surface area contributed by atoms with Crippen molar-refractivity contribution in [1.82, 2.24) is 5.32 Å². The van der Waals surface area contributed by atoms with E-state index in [1.807, 2.05) is 0 Å². The standard InChI is InChI=1S/C8H17NO/c1-7(10-2)6-8-4-3-5-9-8/h7-9H,3-6H2,1-2H3/t7?,8-/m0/s1. The summed E-state index contributed by atoms with van der Waals surface area (Å²) < 4.78 is 5.17. The van der Waals surface area contributed by atoms with Crippen LogP contribution in [0.25, 0.3) is 0 Å². The van der Waals surface area contributed by atoms with Crippen LogP contribution >= 0.6 is 0 Å². The van der Waals surface area contributed by atoms with E-state index in [1.165, 1.54) is 19.4 Å². The summed E-state index contributed by atoms with van der Waals surface area (Å²) in [4.78, 5) is 0. The Morgan fingerprint density at radius 2 is 2.50 bits per heavy atom. The third-order valence-electron chi connectivity index (χ3n) is 2.18. The predicted molar refractivity (Wildman–Crippen MR) is 42.1 cm³/mol. The van der Waals surface area contributed by atoms with Gasteiger partial charge in [-0.05, 0) is 32.7 Å². The van der Waals surface area contributed by atoms with Gasteiger partial charge in [0.1, 0.15) is 0 Å². The molecule has 1 N–H and O–H groups in total. The third kappa shape index (κ3) is 2.27. The predicted octanol–water partition coefficient (Wildman–Crippen LogP) is 1.16. The van der Waals surface area contributed by atoms with Crippen molar-refractivity contribution in [2.24, 2.45) is 0 Å². The molecule has 1 rings (SSSR count). The fraction of sp³-hybridized carbons (Fsp3) is 1.00. The van der Waals surface area contributed by atoms with Gasteiger partial charge in [-0.2, -0.15) is 0 Å². The van der Waals surface area contributed by atoms with Crippen molar-refractivity contribution in [3.8, 4) is 0 Å². The average Bonchev–Trinajstić information content (AvgIpc) is 2.40. The maximum absolute atomic E-state index is 5.17. The lowest BCUT2D eigenvalue weighted by molar-refractivity contribution is 0.103. The van der Waals surface area contributed by atoms with Gasteiger partial charge in [0.15, 0.2) is 0 Å². The third-order valence-corrected chi connectivity index (χ3v) is 2.18. The Hall–Kier alpha value is -0.0800. The number of rotatable bonds is 3. The van der Waals surface area contributed by atoms with Crippen LogP contribution in [0, 0.1) is 0 Å². The molecule has 0 aromatic carbocycles. The number of ether oxygens (including phenoxy) is 1. The Kier molecular flexibility index (Phi) is 3.16. The lowest BCUT2D eigenvalue weighted by Gasteiger charge is -2.14. The van der Waals surface area contributed by atoms with E-state index >= 15 is 0 Å². The molecule has 1 fully saturated rings. The minimum Gasteiger partial charge on any atom is -0.382 e. The van der Waals surface area contributed by atoms with Gasteiger partial charge >= 0.3 is 0 Å². The van der Waals surface area contributed by atoms with Gasteiger partial charge < -0.3 is 10.1 Å². The van der Waals surface area contributed by atoms with Crippen LogP contribution in [-0.4, -0.2) is 25.8 Å². The van der Waals surface area contributed by atoms with Crippen molar-refractivity contribution in [2.75, 3.05) is 13.7 Å². The van der Waals surface area contributed by atoms with Crippen molar-refractivity contribution in [1.29, 1.82) is 0 Å². The highest BCUT2D eigenvalue weighted by Crippen LogP contribution is 2.11. The molecule has 2 nitrogen and oxygen atoms in total. The molecule has 60 valence electrons. The van der Waals surface area contributed by atoms with E-state index < -0.39 is 0 Å². The van der Waals surface area contributed by atoms with Crippen LogP contribution in [0.1, 0.15) is 26.2 Å². The number of nitrogens with one attached hydrogen (secondary N) is 1. The number of hydrogen-bond acceptors (Lipinski definition) is 2. The van der Waals surface area contributed by atoms with Crippen LogP contribution in [0.2, 0.25) is 0 Å². The minimum atomic E-state index is 0.413. The van der Waals surface area contributed by atoms with Crippen LogP contribution in [0.4, 0.5) is 0 Å². The lowest BCUT2D eigenvalue weighted by atomic mass is 10.1. The van der Waals surface area contributed by atoms with Crippen molar-refractivity contribution in [3.63, 3.8) is 0 Å². The second-order valence-corrected chi connectivity index (χ2v) is 3.08. The average molecular weight is 143 g/mol. The largest absolute Gasteiger partial charge is 0.382 e. The summed E-state index contributed by atoms with van der Waals surface area (Å²) in [5, 5.41) is 3.44. The van der Waals surface area contributed by atoms with E-state index in [4.69, 9.17) is 4.74 Å². The van der Waals surface area contributed by atoms with Crippen LogP contribution < -0.4 is 5.32 Å². The highest BCUT2D eigenvalue weighted by atomic mass is 16.5. The fourth-order valence-corrected chi connectivity index (χ4v) is 1.45. The molecule has 2 atom stereocenters. The van der Waals surface area contributed by atoms with Crippen molar-refractivity contribution in [2.45, 2.75) is 38.3 Å². The van der Waals surface area contributed by atoms with E-state index in [9.17, 15) is 0 Å². The zero-order chi connectivity index (χ0) is 7.40. The van der Waals surface area contributed by atoms with Crippen LogP contribution in [0.15, 0.2) is 0 Å². The highest BCUT2D eigenvalue weighted by molar-refractivity contribution is 4.75. The van der Waals surface area contributed by atoms with E-state index in [0.29, 0.717) is 6.10 Å². The maximum Gasteiger partial charge on any atom is 0.0558 e. The molecular formula is C8H17NO. The smallest absolute Gasteiger partial charge is 0.0558 e. The lowest BCUT2D eigenvalue weighted by Crippen LogP contribution is -2.26. The first-order valence-electron chi connectivity index (χ1n) is 4.09. The van der Waals surface area contributed by atoms with Gasteiger partial charge in [-0.3, -0.25) is 0 Å². The van der Waals surface area contributed by atoms with E-state index in [-0.39, 0.29) is 0 Å². The minimum absolute atomic E-state index is 0.413. The van der Waals surface area contributed by atoms with Crippen molar-refractivity contribution >= 4 is 0 Å². The quantitative estimate of drug-likeness (QED) is 0.640. The van der Waals surface area contributed by atoms with E-state index in [1.54, 1.807) is 7.11 Å². The fourth-order valence-electron chi connectivity index (χ4n) is 1.45. The Morgan fingerprint density at radius 3 is 3.00 bits per heavy atom. The molecule has 0 spiro atoms. The van der Waals surface area contributed by atoms with Gasteiger partial charge in [-0.25, -0.2) is 0 Å². The first kappa shape index (κ1) is 8.02. The Balaban J connectivity index is 2.11. The molecule has 2 heteroatoms. The second kappa shape index (κ2) is 3.94. The Labute approximate surface area is 63.0 Å². The Morgan fingerprint density at radius 1 is 1.70 bits per heavy atom. The van der Waals surface area contributed by atoms with E-state index in [2.05, 4.69) is 12.2 Å². The molecule has 1 saturated heterocycles. The molecule has 1 aliphatic heterocycles. The summed E-state index contributed by atoms with van der Waals surface area (Å²) in [6.45, 7) is 3.32. The number of hydrogen-bond donors (Lipinski definition) is 1. The number of methoxy groups -OCH3 is 1. The normalized spacial score (nSPS) is 28.8. The van der Waals surface area contributed by atoms with Crippen molar-refractivity contribution < 1.29 is 4.74 Å². The summed E-state index contributed by atoms with van der Waals surface area (Å²) in [6, 6.07) is 0.718. The van der Waals surface area contributed by atoms with Gasteiger partial charge in [0, 0.05) is 13.2 Å². The molecule has 1 aliphatic rings. The molecule has 1 heterocycles. The summed E-state index contributed by atoms with van der Waals surface area (Å²) in [5.74, 6) is 0. The second-order valence-electron chi connectivity index (χ2n) is 3.08. The molecule has 0 radical (unpaired) electrons. The molecule has 0 amide bonds. The monoisotopic (exact) mass is 143 g/mol. The molecule has 1 unspecified atom stereocenters.